The van der Waals surface area contributed by atoms with Crippen LogP contribution in [0.3, 0.4) is 0 Å². The smallest absolute Gasteiger partial charge is 0.161 e. The second-order valence-electron chi connectivity index (χ2n) is 7.02. The maximum atomic E-state index is 6.05. The summed E-state index contributed by atoms with van der Waals surface area (Å²) in [6.07, 6.45) is 0. The Hall–Kier alpha value is -2.78. The van der Waals surface area contributed by atoms with E-state index in [1.807, 2.05) is 25.1 Å². The van der Waals surface area contributed by atoms with E-state index in [1.165, 1.54) is 27.8 Å². The van der Waals surface area contributed by atoms with Gasteiger partial charge >= 0.3 is 0 Å². The molecule has 0 saturated heterocycles. The van der Waals surface area contributed by atoms with Gasteiger partial charge in [-0.2, -0.15) is 0 Å². The lowest BCUT2D eigenvalue weighted by Gasteiger charge is -2.15. The van der Waals surface area contributed by atoms with E-state index in [2.05, 4.69) is 67.7 Å². The van der Waals surface area contributed by atoms with Crippen molar-refractivity contribution in [3.8, 4) is 11.5 Å². The third-order valence-electron chi connectivity index (χ3n) is 4.73. The molecule has 28 heavy (non-hydrogen) atoms. The summed E-state index contributed by atoms with van der Waals surface area (Å²) < 4.78 is 11.9. The number of ether oxygens (including phenoxy) is 2. The molecule has 0 radical (unpaired) electrons. The SMILES string of the molecule is CCOc1cc(CNCc2ccc(C)cc2)ccc1OCc1ccccc1C. The molecule has 0 atom stereocenters. The van der Waals surface area contributed by atoms with Gasteiger partial charge in [0, 0.05) is 13.1 Å². The lowest BCUT2D eigenvalue weighted by molar-refractivity contribution is 0.268. The van der Waals surface area contributed by atoms with Crippen LogP contribution in [0.1, 0.15) is 34.7 Å². The molecule has 0 aliphatic heterocycles. The monoisotopic (exact) mass is 375 g/mol. The molecule has 0 aromatic heterocycles. The molecule has 3 nitrogen and oxygen atoms in total. The Morgan fingerprint density at radius 2 is 1.46 bits per heavy atom. The molecule has 1 N–H and O–H groups in total. The van der Waals surface area contributed by atoms with Crippen LogP contribution in [0.25, 0.3) is 0 Å². The zero-order valence-corrected chi connectivity index (χ0v) is 17.0. The van der Waals surface area contributed by atoms with Crippen LogP contribution in [0.2, 0.25) is 0 Å². The molecule has 3 aromatic rings. The second-order valence-corrected chi connectivity index (χ2v) is 7.02. The average molecular weight is 376 g/mol. The van der Waals surface area contributed by atoms with Gasteiger partial charge in [-0.25, -0.2) is 0 Å². The second kappa shape index (κ2) is 9.95. The van der Waals surface area contributed by atoms with Crippen molar-refractivity contribution in [1.29, 1.82) is 0 Å². The molecule has 0 aliphatic carbocycles. The Morgan fingerprint density at radius 3 is 2.21 bits per heavy atom. The summed E-state index contributed by atoms with van der Waals surface area (Å²) in [4.78, 5) is 0. The van der Waals surface area contributed by atoms with Gasteiger partial charge in [0.05, 0.1) is 6.61 Å². The van der Waals surface area contributed by atoms with Crippen molar-refractivity contribution in [2.24, 2.45) is 0 Å². The van der Waals surface area contributed by atoms with Crippen molar-refractivity contribution < 1.29 is 9.47 Å². The largest absolute Gasteiger partial charge is 0.490 e. The molecule has 3 heteroatoms. The highest BCUT2D eigenvalue weighted by atomic mass is 16.5. The van der Waals surface area contributed by atoms with E-state index in [0.717, 1.165) is 24.6 Å². The zero-order chi connectivity index (χ0) is 19.8. The van der Waals surface area contributed by atoms with Crippen LogP contribution < -0.4 is 14.8 Å². The van der Waals surface area contributed by atoms with Gasteiger partial charge < -0.3 is 14.8 Å². The molecule has 0 fully saturated rings. The van der Waals surface area contributed by atoms with E-state index >= 15 is 0 Å². The van der Waals surface area contributed by atoms with Crippen LogP contribution in [0.4, 0.5) is 0 Å². The molecule has 0 aliphatic rings. The van der Waals surface area contributed by atoms with Crippen LogP contribution >= 0.6 is 0 Å². The van der Waals surface area contributed by atoms with Gasteiger partial charge in [-0.1, -0.05) is 60.2 Å². The van der Waals surface area contributed by atoms with Gasteiger partial charge in [-0.3, -0.25) is 0 Å². The number of nitrogens with one attached hydrogen (secondary N) is 1. The fraction of sp³-hybridized carbons (Fsp3) is 0.280. The predicted octanol–water partition coefficient (Wildman–Crippen LogP) is 5.57. The summed E-state index contributed by atoms with van der Waals surface area (Å²) in [5, 5.41) is 3.50. The summed E-state index contributed by atoms with van der Waals surface area (Å²) in [5.74, 6) is 1.58. The van der Waals surface area contributed by atoms with E-state index in [0.29, 0.717) is 13.2 Å². The van der Waals surface area contributed by atoms with E-state index in [1.54, 1.807) is 0 Å². The molecular weight excluding hydrogens is 346 g/mol. The first-order chi connectivity index (χ1) is 13.7. The molecule has 146 valence electrons. The van der Waals surface area contributed by atoms with E-state index in [9.17, 15) is 0 Å². The maximum Gasteiger partial charge on any atom is 0.161 e. The number of hydrogen-bond donors (Lipinski definition) is 1. The van der Waals surface area contributed by atoms with Crippen molar-refractivity contribution in [3.05, 3.63) is 94.5 Å². The zero-order valence-electron chi connectivity index (χ0n) is 17.0. The summed E-state index contributed by atoms with van der Waals surface area (Å²) in [6, 6.07) is 23.1. The highest BCUT2D eigenvalue weighted by Crippen LogP contribution is 2.29. The minimum Gasteiger partial charge on any atom is -0.490 e. The molecular formula is C25H29NO2. The average Bonchev–Trinajstić information content (AvgIpc) is 2.70. The topological polar surface area (TPSA) is 30.5 Å². The van der Waals surface area contributed by atoms with Gasteiger partial charge in [0.15, 0.2) is 11.5 Å². The molecule has 3 aromatic carbocycles. The summed E-state index contributed by atoms with van der Waals surface area (Å²) >= 11 is 0. The van der Waals surface area contributed by atoms with Crippen molar-refractivity contribution in [2.75, 3.05) is 6.61 Å². The van der Waals surface area contributed by atoms with Crippen molar-refractivity contribution in [2.45, 2.75) is 40.5 Å². The Bertz CT molecular complexity index is 887. The highest BCUT2D eigenvalue weighted by Gasteiger charge is 2.08. The van der Waals surface area contributed by atoms with Crippen LogP contribution in [0.15, 0.2) is 66.7 Å². The van der Waals surface area contributed by atoms with Crippen molar-refractivity contribution in [3.63, 3.8) is 0 Å². The summed E-state index contributed by atoms with van der Waals surface area (Å²) in [7, 11) is 0. The van der Waals surface area contributed by atoms with E-state index in [4.69, 9.17) is 9.47 Å². The Balaban J connectivity index is 1.61. The Labute approximate surface area is 168 Å². The number of benzene rings is 3. The number of aryl methyl sites for hydroxylation is 2. The first-order valence-electron chi connectivity index (χ1n) is 9.85. The molecule has 0 bridgehead atoms. The third kappa shape index (κ3) is 5.61. The van der Waals surface area contributed by atoms with E-state index in [-0.39, 0.29) is 0 Å². The van der Waals surface area contributed by atoms with Crippen molar-refractivity contribution in [1.82, 2.24) is 5.32 Å². The molecule has 0 heterocycles. The molecule has 0 spiro atoms. The van der Waals surface area contributed by atoms with Crippen LogP contribution in [-0.2, 0) is 19.7 Å². The fourth-order valence-corrected chi connectivity index (χ4v) is 3.03. The standard InChI is InChI=1S/C25H29NO2/c1-4-27-25-15-22(17-26-16-21-11-9-19(2)10-12-21)13-14-24(25)28-18-23-8-6-5-7-20(23)3/h5-15,26H,4,16-18H2,1-3H3. The van der Waals surface area contributed by atoms with E-state index < -0.39 is 0 Å². The fourth-order valence-electron chi connectivity index (χ4n) is 3.03. The van der Waals surface area contributed by atoms with Gasteiger partial charge in [0.2, 0.25) is 0 Å². The molecule has 0 saturated carbocycles. The van der Waals surface area contributed by atoms with Gasteiger partial charge in [0.25, 0.3) is 0 Å². The summed E-state index contributed by atoms with van der Waals surface area (Å²) in [5.41, 5.74) is 6.17. The minimum absolute atomic E-state index is 0.539. The van der Waals surface area contributed by atoms with Gasteiger partial charge in [-0.05, 0) is 55.2 Å². The normalized spacial score (nSPS) is 10.7. The Kier molecular flexibility index (Phi) is 7.10. The van der Waals surface area contributed by atoms with Crippen LogP contribution in [0, 0.1) is 13.8 Å². The van der Waals surface area contributed by atoms with Gasteiger partial charge in [-0.15, -0.1) is 0 Å². The van der Waals surface area contributed by atoms with Crippen LogP contribution in [-0.4, -0.2) is 6.61 Å². The highest BCUT2D eigenvalue weighted by molar-refractivity contribution is 5.43. The first-order valence-corrected chi connectivity index (χ1v) is 9.85. The van der Waals surface area contributed by atoms with Gasteiger partial charge in [0.1, 0.15) is 6.61 Å². The Morgan fingerprint density at radius 1 is 0.750 bits per heavy atom. The number of hydrogen-bond acceptors (Lipinski definition) is 3. The summed E-state index contributed by atoms with van der Waals surface area (Å²) in [6.45, 7) is 8.98. The predicted molar refractivity (Wildman–Crippen MR) is 115 cm³/mol. The first kappa shape index (κ1) is 20.0. The lowest BCUT2D eigenvalue weighted by Crippen LogP contribution is -2.13. The molecule has 0 amide bonds. The van der Waals surface area contributed by atoms with Crippen molar-refractivity contribution >= 4 is 0 Å². The third-order valence-corrected chi connectivity index (χ3v) is 4.73. The quantitative estimate of drug-likeness (QED) is 0.530. The van der Waals surface area contributed by atoms with Crippen LogP contribution in [0.5, 0.6) is 11.5 Å². The molecule has 3 rings (SSSR count). The minimum atomic E-state index is 0.539. The lowest BCUT2D eigenvalue weighted by atomic mass is 10.1. The number of rotatable bonds is 9. The molecule has 0 unspecified atom stereocenters. The maximum absolute atomic E-state index is 6.05.